The van der Waals surface area contributed by atoms with Gasteiger partial charge in [0.1, 0.15) is 5.76 Å². The third-order valence-corrected chi connectivity index (χ3v) is 3.92. The number of hydrogen-bond donors (Lipinski definition) is 0. The fraction of sp³-hybridized carbons (Fsp3) is 0.400. The van der Waals surface area contributed by atoms with Crippen LogP contribution in [0.25, 0.3) is 23.0 Å². The van der Waals surface area contributed by atoms with Crippen LogP contribution >= 0.6 is 0 Å². The maximum atomic E-state index is 5.46. The standard InChI is InChI=1S/C15H16N4O2/c1-19-8-7-10(9-19)14-16-15(21-18-14)13-11-5-3-2-4-6-12(11)20-17-13/h7-9H,2-6H2,1H3. The molecule has 0 atom stereocenters. The molecule has 108 valence electrons. The first-order valence-corrected chi connectivity index (χ1v) is 7.25. The second-order valence-electron chi connectivity index (χ2n) is 5.48. The lowest BCUT2D eigenvalue weighted by Crippen LogP contribution is -1.89. The zero-order valence-corrected chi connectivity index (χ0v) is 11.9. The molecule has 0 bridgehead atoms. The van der Waals surface area contributed by atoms with Gasteiger partial charge >= 0.3 is 0 Å². The number of aryl methyl sites for hydroxylation is 2. The predicted octanol–water partition coefficient (Wildman–Crippen LogP) is 3.00. The van der Waals surface area contributed by atoms with Crippen LogP contribution in [-0.2, 0) is 19.9 Å². The highest BCUT2D eigenvalue weighted by molar-refractivity contribution is 5.59. The zero-order chi connectivity index (χ0) is 14.2. The second kappa shape index (κ2) is 4.87. The smallest absolute Gasteiger partial charge is 0.280 e. The van der Waals surface area contributed by atoms with Crippen LogP contribution in [0.4, 0.5) is 0 Å². The van der Waals surface area contributed by atoms with E-state index in [0.29, 0.717) is 17.4 Å². The van der Waals surface area contributed by atoms with Crippen molar-refractivity contribution in [2.24, 2.45) is 7.05 Å². The van der Waals surface area contributed by atoms with Crippen molar-refractivity contribution >= 4 is 0 Å². The molecule has 0 unspecified atom stereocenters. The third kappa shape index (κ3) is 2.16. The average Bonchev–Trinajstić information content (AvgIpc) is 3.16. The number of aromatic nitrogens is 4. The summed E-state index contributed by atoms with van der Waals surface area (Å²) in [5.74, 6) is 2.00. The summed E-state index contributed by atoms with van der Waals surface area (Å²) in [6.45, 7) is 0. The minimum atomic E-state index is 0.445. The van der Waals surface area contributed by atoms with E-state index in [1.54, 1.807) is 0 Å². The average molecular weight is 284 g/mol. The Hall–Kier alpha value is -2.37. The maximum absolute atomic E-state index is 5.46. The number of hydrogen-bond acceptors (Lipinski definition) is 5. The Morgan fingerprint density at radius 3 is 2.86 bits per heavy atom. The van der Waals surface area contributed by atoms with E-state index in [2.05, 4.69) is 15.3 Å². The molecule has 0 aromatic carbocycles. The van der Waals surface area contributed by atoms with Gasteiger partial charge in [0.25, 0.3) is 5.89 Å². The van der Waals surface area contributed by atoms with Crippen molar-refractivity contribution in [3.8, 4) is 23.0 Å². The highest BCUT2D eigenvalue weighted by atomic mass is 16.5. The van der Waals surface area contributed by atoms with Crippen LogP contribution in [0.5, 0.6) is 0 Å². The van der Waals surface area contributed by atoms with E-state index in [9.17, 15) is 0 Å². The summed E-state index contributed by atoms with van der Waals surface area (Å²) in [6, 6.07) is 1.96. The number of rotatable bonds is 2. The van der Waals surface area contributed by atoms with Crippen molar-refractivity contribution in [1.29, 1.82) is 0 Å². The van der Waals surface area contributed by atoms with Crippen molar-refractivity contribution in [1.82, 2.24) is 19.9 Å². The summed E-state index contributed by atoms with van der Waals surface area (Å²) >= 11 is 0. The summed E-state index contributed by atoms with van der Waals surface area (Å²) in [7, 11) is 1.96. The summed E-state index contributed by atoms with van der Waals surface area (Å²) in [4.78, 5) is 4.46. The van der Waals surface area contributed by atoms with Crippen LogP contribution in [0.15, 0.2) is 27.5 Å². The van der Waals surface area contributed by atoms with Gasteiger partial charge in [-0.1, -0.05) is 16.7 Å². The van der Waals surface area contributed by atoms with Gasteiger partial charge in [-0.2, -0.15) is 4.98 Å². The molecule has 3 heterocycles. The summed E-state index contributed by atoms with van der Waals surface area (Å²) in [6.07, 6.45) is 9.36. The van der Waals surface area contributed by atoms with Crippen LogP contribution in [0.3, 0.4) is 0 Å². The molecule has 4 rings (SSSR count). The molecule has 3 aromatic rings. The SMILES string of the molecule is Cn1ccc(-c2noc(-c3noc4c3CCCCC4)n2)c1. The molecule has 6 heteroatoms. The molecule has 1 aliphatic rings. The molecule has 0 N–H and O–H groups in total. The van der Waals surface area contributed by atoms with Crippen molar-refractivity contribution in [2.45, 2.75) is 32.1 Å². The van der Waals surface area contributed by atoms with Gasteiger partial charge in [0, 0.05) is 37.0 Å². The van der Waals surface area contributed by atoms with Gasteiger partial charge in [0.05, 0.1) is 0 Å². The van der Waals surface area contributed by atoms with Gasteiger partial charge in [-0.3, -0.25) is 0 Å². The fourth-order valence-electron chi connectivity index (χ4n) is 2.80. The maximum Gasteiger partial charge on any atom is 0.280 e. The molecule has 0 fully saturated rings. The van der Waals surface area contributed by atoms with Gasteiger partial charge in [0.2, 0.25) is 5.82 Å². The van der Waals surface area contributed by atoms with Crippen molar-refractivity contribution in [3.63, 3.8) is 0 Å². The minimum absolute atomic E-state index is 0.445. The Kier molecular flexibility index (Phi) is 2.87. The van der Waals surface area contributed by atoms with Crippen molar-refractivity contribution < 1.29 is 9.05 Å². The van der Waals surface area contributed by atoms with E-state index >= 15 is 0 Å². The molecule has 0 spiro atoms. The lowest BCUT2D eigenvalue weighted by molar-refractivity contribution is 0.376. The van der Waals surface area contributed by atoms with Crippen molar-refractivity contribution in [3.05, 3.63) is 29.8 Å². The third-order valence-electron chi connectivity index (χ3n) is 3.92. The largest absolute Gasteiger partial charge is 0.360 e. The number of nitrogens with zero attached hydrogens (tertiary/aromatic N) is 4. The lowest BCUT2D eigenvalue weighted by Gasteiger charge is -1.94. The molecule has 1 aliphatic carbocycles. The zero-order valence-electron chi connectivity index (χ0n) is 11.9. The van der Waals surface area contributed by atoms with Gasteiger partial charge in [-0.15, -0.1) is 0 Å². The molecular formula is C15H16N4O2. The highest BCUT2D eigenvalue weighted by Crippen LogP contribution is 2.30. The molecule has 3 aromatic heterocycles. The van der Waals surface area contributed by atoms with Crippen LogP contribution < -0.4 is 0 Å². The first-order valence-electron chi connectivity index (χ1n) is 7.25. The van der Waals surface area contributed by atoms with Gasteiger partial charge in [-0.05, 0) is 25.3 Å². The van der Waals surface area contributed by atoms with Gasteiger partial charge in [-0.25, -0.2) is 0 Å². The molecule has 0 radical (unpaired) electrons. The monoisotopic (exact) mass is 284 g/mol. The van der Waals surface area contributed by atoms with Crippen LogP contribution in [-0.4, -0.2) is 19.9 Å². The first-order chi connectivity index (χ1) is 10.3. The van der Waals surface area contributed by atoms with Gasteiger partial charge in [0.15, 0.2) is 5.69 Å². The molecule has 21 heavy (non-hydrogen) atoms. The summed E-state index contributed by atoms with van der Waals surface area (Å²) < 4.78 is 12.8. The Balaban J connectivity index is 1.71. The van der Waals surface area contributed by atoms with Gasteiger partial charge < -0.3 is 13.6 Å². The number of fused-ring (bicyclic) bond motifs is 1. The van der Waals surface area contributed by atoms with E-state index in [1.165, 1.54) is 6.42 Å². The van der Waals surface area contributed by atoms with E-state index < -0.39 is 0 Å². The van der Waals surface area contributed by atoms with E-state index in [-0.39, 0.29) is 0 Å². The summed E-state index contributed by atoms with van der Waals surface area (Å²) in [5.41, 5.74) is 2.78. The topological polar surface area (TPSA) is 69.9 Å². The van der Waals surface area contributed by atoms with Crippen LogP contribution in [0.2, 0.25) is 0 Å². The molecule has 0 saturated heterocycles. The van der Waals surface area contributed by atoms with E-state index in [0.717, 1.165) is 42.6 Å². The fourth-order valence-corrected chi connectivity index (χ4v) is 2.80. The minimum Gasteiger partial charge on any atom is -0.360 e. The Morgan fingerprint density at radius 2 is 2.00 bits per heavy atom. The molecule has 6 nitrogen and oxygen atoms in total. The highest BCUT2D eigenvalue weighted by Gasteiger charge is 2.23. The first kappa shape index (κ1) is 12.4. The van der Waals surface area contributed by atoms with Crippen LogP contribution in [0, 0.1) is 0 Å². The molecular weight excluding hydrogens is 268 g/mol. The normalized spacial score (nSPS) is 14.9. The predicted molar refractivity (Wildman–Crippen MR) is 75.5 cm³/mol. The lowest BCUT2D eigenvalue weighted by atomic mass is 10.1. The molecule has 0 aliphatic heterocycles. The summed E-state index contributed by atoms with van der Waals surface area (Å²) in [5, 5.41) is 8.19. The van der Waals surface area contributed by atoms with E-state index in [4.69, 9.17) is 9.05 Å². The Morgan fingerprint density at radius 1 is 1.10 bits per heavy atom. The van der Waals surface area contributed by atoms with Crippen LogP contribution in [0.1, 0.15) is 30.6 Å². The molecule has 0 amide bonds. The second-order valence-corrected chi connectivity index (χ2v) is 5.48. The Labute approximate surface area is 121 Å². The molecule has 0 saturated carbocycles. The Bertz CT molecular complexity index is 768. The van der Waals surface area contributed by atoms with E-state index in [1.807, 2.05) is 30.1 Å². The van der Waals surface area contributed by atoms with Crippen molar-refractivity contribution in [2.75, 3.05) is 0 Å². The quantitative estimate of drug-likeness (QED) is 0.676.